The van der Waals surface area contributed by atoms with Gasteiger partial charge in [-0.3, -0.25) is 8.61 Å². The third-order valence-electron chi connectivity index (χ3n) is 10.6. The Hall–Kier alpha value is -2.84. The van der Waals surface area contributed by atoms with Gasteiger partial charge in [-0.15, -0.1) is 0 Å². The summed E-state index contributed by atoms with van der Waals surface area (Å²) in [6.45, 7) is 5.52. The monoisotopic (exact) mass is 842 g/mol. The molecule has 2 atom stereocenters. The average Bonchev–Trinajstić information content (AvgIpc) is 3.67. The quantitative estimate of drug-likeness (QED) is 0.0489. The van der Waals surface area contributed by atoms with Gasteiger partial charge in [-0.2, -0.15) is 0 Å². The predicted molar refractivity (Wildman–Crippen MR) is 232 cm³/mol. The van der Waals surface area contributed by atoms with Crippen molar-refractivity contribution in [3.8, 4) is 0 Å². The van der Waals surface area contributed by atoms with Gasteiger partial charge in [0, 0.05) is 13.1 Å². The van der Waals surface area contributed by atoms with Crippen LogP contribution in [0.15, 0.2) is 109 Å². The summed E-state index contributed by atoms with van der Waals surface area (Å²) in [5.41, 5.74) is 4.78. The van der Waals surface area contributed by atoms with E-state index in [0.29, 0.717) is 37.3 Å². The van der Waals surface area contributed by atoms with Gasteiger partial charge in [0.2, 0.25) is 0 Å². The number of anilines is 4. The Morgan fingerprint density at radius 3 is 1.07 bits per heavy atom. The van der Waals surface area contributed by atoms with Crippen LogP contribution in [-0.2, 0) is 33.7 Å². The first-order valence-electron chi connectivity index (χ1n) is 20.3. The number of hydrogen-bond donors (Lipinski definition) is 0. The zero-order valence-corrected chi connectivity index (χ0v) is 37.5. The molecular formula is C44H58CaN4O6S2. The van der Waals surface area contributed by atoms with Crippen LogP contribution in [0.2, 0.25) is 0 Å². The fourth-order valence-electron chi connectivity index (χ4n) is 7.92. The third kappa shape index (κ3) is 13.1. The molecular weight excluding hydrogens is 785 g/mol. The van der Waals surface area contributed by atoms with Crippen LogP contribution in [0.25, 0.3) is 0 Å². The second kappa shape index (κ2) is 23.1. The Morgan fingerprint density at radius 2 is 0.737 bits per heavy atom. The van der Waals surface area contributed by atoms with Crippen LogP contribution >= 0.6 is 0 Å². The normalized spacial score (nSPS) is 16.1. The van der Waals surface area contributed by atoms with E-state index in [9.17, 15) is 25.9 Å². The zero-order valence-electron chi connectivity index (χ0n) is 33.6. The first kappa shape index (κ1) is 46.8. The maximum absolute atomic E-state index is 12.1. The smallest absolute Gasteiger partial charge is 0.731 e. The molecule has 0 bridgehead atoms. The van der Waals surface area contributed by atoms with Crippen molar-refractivity contribution in [2.24, 2.45) is 0 Å². The molecule has 4 aromatic carbocycles. The van der Waals surface area contributed by atoms with E-state index < -0.39 is 32.9 Å². The van der Waals surface area contributed by atoms with E-state index in [-0.39, 0.29) is 37.7 Å². The molecule has 304 valence electrons. The molecule has 6 rings (SSSR count). The summed E-state index contributed by atoms with van der Waals surface area (Å²) < 4.78 is 74.9. The van der Waals surface area contributed by atoms with Crippen LogP contribution in [0.4, 0.5) is 22.7 Å². The van der Waals surface area contributed by atoms with Gasteiger partial charge in [-0.05, 0) is 61.1 Å². The summed E-state index contributed by atoms with van der Waals surface area (Å²) in [4.78, 5) is 4.12. The SMILES string of the molecule is CCCCCCCCC1N(Cc2ccccc2)c2ccccc2N1S(=O)(=O)[O-].CCCCCCCCC1N(Cc2ccccc2)c2ccccc2N1S(=O)(=O)[O-].[Ca+2]. The molecule has 0 amide bonds. The first-order chi connectivity index (χ1) is 27.0. The van der Waals surface area contributed by atoms with Crippen molar-refractivity contribution in [1.82, 2.24) is 0 Å². The topological polar surface area (TPSA) is 127 Å². The molecule has 10 nitrogen and oxygen atoms in total. The van der Waals surface area contributed by atoms with Crippen molar-refractivity contribution in [2.75, 3.05) is 18.4 Å². The van der Waals surface area contributed by atoms with E-state index in [0.717, 1.165) is 69.6 Å². The molecule has 0 radical (unpaired) electrons. The molecule has 0 fully saturated rings. The van der Waals surface area contributed by atoms with E-state index >= 15 is 0 Å². The number of benzene rings is 4. The summed E-state index contributed by atoms with van der Waals surface area (Å²) in [6, 6.07) is 34.5. The second-order valence-electron chi connectivity index (χ2n) is 14.8. The summed E-state index contributed by atoms with van der Waals surface area (Å²) in [6.07, 6.45) is 13.9. The zero-order chi connectivity index (χ0) is 40.0. The predicted octanol–water partition coefficient (Wildman–Crippen LogP) is 9.72. The van der Waals surface area contributed by atoms with Crippen LogP contribution in [0, 0.1) is 0 Å². The molecule has 2 heterocycles. The average molecular weight is 843 g/mol. The van der Waals surface area contributed by atoms with E-state index in [1.165, 1.54) is 38.5 Å². The standard InChI is InChI=1S/2C22H30N2O3S.Ca/c2*1-2-3-4-5-6-10-17-22-23(18-19-13-8-7-9-14-19)20-15-11-12-16-21(20)24(22)28(25,26)27;/h2*7-9,11-16,22H,2-6,10,17-18H2,1H3,(H,25,26,27);/q;;+2/p-2. The summed E-state index contributed by atoms with van der Waals surface area (Å²) >= 11 is 0. The van der Waals surface area contributed by atoms with Gasteiger partial charge in [-0.1, -0.05) is 163 Å². The molecule has 0 saturated carbocycles. The Balaban J connectivity index is 0.000000248. The molecule has 0 saturated heterocycles. The maximum Gasteiger partial charge on any atom is 2.00 e. The van der Waals surface area contributed by atoms with Crippen molar-refractivity contribution in [3.63, 3.8) is 0 Å². The van der Waals surface area contributed by atoms with Gasteiger partial charge in [0.1, 0.15) is 12.3 Å². The van der Waals surface area contributed by atoms with Crippen molar-refractivity contribution < 1.29 is 25.9 Å². The van der Waals surface area contributed by atoms with Crippen LogP contribution in [0.1, 0.15) is 115 Å². The molecule has 4 aromatic rings. The Labute approximate surface area is 372 Å². The summed E-state index contributed by atoms with van der Waals surface area (Å²) in [5.74, 6) is 0. The molecule has 0 aromatic heterocycles. The van der Waals surface area contributed by atoms with Crippen LogP contribution in [-0.4, -0.2) is 76.0 Å². The van der Waals surface area contributed by atoms with Crippen LogP contribution in [0.5, 0.6) is 0 Å². The first-order valence-corrected chi connectivity index (χ1v) is 23.1. The van der Waals surface area contributed by atoms with E-state index in [1.54, 1.807) is 24.3 Å². The van der Waals surface area contributed by atoms with E-state index in [2.05, 4.69) is 23.6 Å². The van der Waals surface area contributed by atoms with Gasteiger partial charge in [0.25, 0.3) is 0 Å². The molecule has 13 heteroatoms. The molecule has 2 aliphatic heterocycles. The van der Waals surface area contributed by atoms with Gasteiger partial charge < -0.3 is 18.9 Å². The molecule has 0 spiro atoms. The van der Waals surface area contributed by atoms with Gasteiger partial charge in [0.05, 0.1) is 22.7 Å². The van der Waals surface area contributed by atoms with Crippen molar-refractivity contribution in [1.29, 1.82) is 0 Å². The number of para-hydroxylation sites is 4. The molecule has 2 aliphatic rings. The van der Waals surface area contributed by atoms with Crippen LogP contribution in [0.3, 0.4) is 0 Å². The minimum absolute atomic E-state index is 0. The fourth-order valence-corrected chi connectivity index (χ4v) is 9.75. The van der Waals surface area contributed by atoms with Gasteiger partial charge in [0.15, 0.2) is 20.6 Å². The second-order valence-corrected chi connectivity index (χ2v) is 17.3. The Morgan fingerprint density at radius 1 is 0.439 bits per heavy atom. The minimum Gasteiger partial charge on any atom is -0.731 e. The third-order valence-corrected chi connectivity index (χ3v) is 12.5. The number of nitrogens with zero attached hydrogens (tertiary/aromatic N) is 4. The van der Waals surface area contributed by atoms with Crippen molar-refractivity contribution >= 4 is 81.1 Å². The van der Waals surface area contributed by atoms with Crippen molar-refractivity contribution in [2.45, 2.75) is 129 Å². The van der Waals surface area contributed by atoms with E-state index in [1.807, 2.05) is 84.9 Å². The molecule has 0 aliphatic carbocycles. The Kier molecular flexibility index (Phi) is 19.0. The van der Waals surface area contributed by atoms with E-state index in [4.69, 9.17) is 0 Å². The number of fused-ring (bicyclic) bond motifs is 2. The number of hydrogen-bond acceptors (Lipinski definition) is 8. The Bertz CT molecular complexity index is 1860. The molecule has 2 unspecified atom stereocenters. The van der Waals surface area contributed by atoms with Crippen molar-refractivity contribution in [3.05, 3.63) is 120 Å². The van der Waals surface area contributed by atoms with Crippen LogP contribution < -0.4 is 18.4 Å². The largest absolute Gasteiger partial charge is 2.00 e. The maximum atomic E-state index is 12.1. The molecule has 0 N–H and O–H groups in total. The minimum atomic E-state index is -4.60. The summed E-state index contributed by atoms with van der Waals surface area (Å²) in [7, 11) is -9.20. The number of unbranched alkanes of at least 4 members (excludes halogenated alkanes) is 10. The molecule has 57 heavy (non-hydrogen) atoms. The van der Waals surface area contributed by atoms with Gasteiger partial charge in [-0.25, -0.2) is 16.8 Å². The fraction of sp³-hybridized carbons (Fsp3) is 0.455. The number of rotatable bonds is 20. The summed E-state index contributed by atoms with van der Waals surface area (Å²) in [5, 5.41) is 0. The van der Waals surface area contributed by atoms with Gasteiger partial charge >= 0.3 is 37.7 Å².